The molecule has 4 heteroatoms. The van der Waals surface area contributed by atoms with E-state index in [9.17, 15) is 9.59 Å². The molecule has 0 radical (unpaired) electrons. The van der Waals surface area contributed by atoms with Crippen molar-refractivity contribution < 1.29 is 9.59 Å². The second-order valence-corrected chi connectivity index (χ2v) is 8.61. The highest BCUT2D eigenvalue weighted by Crippen LogP contribution is 2.17. The molecular formula is C28H40N2O2. The largest absolute Gasteiger partial charge is 0.326 e. The SMILES string of the molecule is CCCCCCCCCCCCCC(=O)Nc1ccc(C(=O)N(C)c2ccccc2)cc1. The van der Waals surface area contributed by atoms with Crippen molar-refractivity contribution in [3.63, 3.8) is 0 Å². The van der Waals surface area contributed by atoms with Gasteiger partial charge in [-0.1, -0.05) is 89.3 Å². The quantitative estimate of drug-likeness (QED) is 0.292. The van der Waals surface area contributed by atoms with Crippen LogP contribution in [0.15, 0.2) is 54.6 Å². The molecule has 2 amide bonds. The van der Waals surface area contributed by atoms with Crippen LogP contribution in [0.2, 0.25) is 0 Å². The van der Waals surface area contributed by atoms with E-state index in [1.54, 1.807) is 36.2 Å². The van der Waals surface area contributed by atoms with Gasteiger partial charge in [-0.05, 0) is 42.8 Å². The zero-order valence-corrected chi connectivity index (χ0v) is 19.9. The van der Waals surface area contributed by atoms with Crippen LogP contribution in [0.1, 0.15) is 94.3 Å². The number of nitrogens with one attached hydrogen (secondary N) is 1. The normalized spacial score (nSPS) is 10.7. The Bertz CT molecular complexity index is 787. The van der Waals surface area contributed by atoms with E-state index in [-0.39, 0.29) is 11.8 Å². The molecule has 0 aliphatic rings. The first-order valence-electron chi connectivity index (χ1n) is 12.3. The summed E-state index contributed by atoms with van der Waals surface area (Å²) in [6.45, 7) is 2.26. The monoisotopic (exact) mass is 436 g/mol. The van der Waals surface area contributed by atoms with Crippen molar-refractivity contribution in [3.05, 3.63) is 60.2 Å². The maximum atomic E-state index is 12.6. The van der Waals surface area contributed by atoms with Crippen LogP contribution in [-0.2, 0) is 4.79 Å². The lowest BCUT2D eigenvalue weighted by Crippen LogP contribution is -2.26. The molecule has 0 unspecified atom stereocenters. The molecule has 174 valence electrons. The molecular weight excluding hydrogens is 396 g/mol. The summed E-state index contributed by atoms with van der Waals surface area (Å²) >= 11 is 0. The second kappa shape index (κ2) is 15.2. The zero-order valence-electron chi connectivity index (χ0n) is 19.9. The number of unbranched alkanes of at least 4 members (excludes halogenated alkanes) is 10. The molecule has 0 aliphatic heterocycles. The van der Waals surface area contributed by atoms with Crippen molar-refractivity contribution in [2.75, 3.05) is 17.3 Å². The third-order valence-corrected chi connectivity index (χ3v) is 5.87. The van der Waals surface area contributed by atoms with Crippen molar-refractivity contribution in [1.82, 2.24) is 0 Å². The summed E-state index contributed by atoms with van der Waals surface area (Å²) in [4.78, 5) is 26.5. The molecule has 1 N–H and O–H groups in total. The summed E-state index contributed by atoms with van der Waals surface area (Å²) in [5, 5.41) is 2.94. The number of amides is 2. The Morgan fingerprint density at radius 3 is 1.81 bits per heavy atom. The lowest BCUT2D eigenvalue weighted by molar-refractivity contribution is -0.116. The molecule has 0 saturated heterocycles. The molecule has 0 aromatic heterocycles. The molecule has 2 aromatic carbocycles. The van der Waals surface area contributed by atoms with E-state index in [0.717, 1.165) is 24.2 Å². The Morgan fingerprint density at radius 2 is 1.25 bits per heavy atom. The van der Waals surface area contributed by atoms with E-state index >= 15 is 0 Å². The molecule has 32 heavy (non-hydrogen) atoms. The van der Waals surface area contributed by atoms with Crippen LogP contribution in [0.25, 0.3) is 0 Å². The van der Waals surface area contributed by atoms with Gasteiger partial charge >= 0.3 is 0 Å². The van der Waals surface area contributed by atoms with E-state index in [0.29, 0.717) is 12.0 Å². The number of benzene rings is 2. The van der Waals surface area contributed by atoms with Gasteiger partial charge in [0.05, 0.1) is 0 Å². The molecule has 4 nitrogen and oxygen atoms in total. The minimum Gasteiger partial charge on any atom is -0.326 e. The van der Waals surface area contributed by atoms with Crippen LogP contribution in [0.4, 0.5) is 11.4 Å². The predicted molar refractivity (Wildman–Crippen MR) is 135 cm³/mol. The van der Waals surface area contributed by atoms with Crippen molar-refractivity contribution in [2.45, 2.75) is 84.0 Å². The first kappa shape index (κ1) is 25.6. The Labute approximate surface area is 194 Å². The van der Waals surface area contributed by atoms with Crippen molar-refractivity contribution in [2.24, 2.45) is 0 Å². The number of hydrogen-bond acceptors (Lipinski definition) is 2. The Morgan fingerprint density at radius 1 is 0.719 bits per heavy atom. The molecule has 0 bridgehead atoms. The smallest absolute Gasteiger partial charge is 0.258 e. The molecule has 0 heterocycles. The van der Waals surface area contributed by atoms with Gasteiger partial charge in [-0.3, -0.25) is 9.59 Å². The first-order chi connectivity index (χ1) is 15.6. The molecule has 0 aliphatic carbocycles. The number of carbonyl (C=O) groups is 2. The van der Waals surface area contributed by atoms with Gasteiger partial charge in [0.15, 0.2) is 0 Å². The molecule has 0 atom stereocenters. The minimum atomic E-state index is -0.0740. The number of hydrogen-bond donors (Lipinski definition) is 1. The van der Waals surface area contributed by atoms with E-state index < -0.39 is 0 Å². The maximum absolute atomic E-state index is 12.6. The highest BCUT2D eigenvalue weighted by atomic mass is 16.2. The van der Waals surface area contributed by atoms with Crippen molar-refractivity contribution >= 4 is 23.2 Å². The highest BCUT2D eigenvalue weighted by molar-refractivity contribution is 6.06. The number of anilines is 2. The topological polar surface area (TPSA) is 49.4 Å². The van der Waals surface area contributed by atoms with E-state index in [1.807, 2.05) is 30.3 Å². The maximum Gasteiger partial charge on any atom is 0.258 e. The number of carbonyl (C=O) groups excluding carboxylic acids is 2. The van der Waals surface area contributed by atoms with Gasteiger partial charge in [-0.15, -0.1) is 0 Å². The van der Waals surface area contributed by atoms with Gasteiger partial charge in [0.2, 0.25) is 5.91 Å². The predicted octanol–water partition coefficient (Wildman–Crippen LogP) is 7.60. The molecule has 0 fully saturated rings. The summed E-state index contributed by atoms with van der Waals surface area (Å²) in [7, 11) is 1.76. The Kier molecular flexibility index (Phi) is 12.2. The third-order valence-electron chi connectivity index (χ3n) is 5.87. The van der Waals surface area contributed by atoms with Gasteiger partial charge in [0.1, 0.15) is 0 Å². The minimum absolute atomic E-state index is 0.0430. The van der Waals surface area contributed by atoms with Crippen LogP contribution < -0.4 is 10.2 Å². The van der Waals surface area contributed by atoms with Gasteiger partial charge in [-0.2, -0.15) is 0 Å². The Balaban J connectivity index is 1.60. The van der Waals surface area contributed by atoms with Gasteiger partial charge in [-0.25, -0.2) is 0 Å². The van der Waals surface area contributed by atoms with Gasteiger partial charge < -0.3 is 10.2 Å². The molecule has 0 saturated carbocycles. The fraction of sp³-hybridized carbons (Fsp3) is 0.500. The van der Waals surface area contributed by atoms with E-state index in [1.165, 1.54) is 57.8 Å². The number of para-hydroxylation sites is 1. The second-order valence-electron chi connectivity index (χ2n) is 8.61. The van der Waals surface area contributed by atoms with E-state index in [2.05, 4.69) is 12.2 Å². The summed E-state index contributed by atoms with van der Waals surface area (Å²) in [6.07, 6.45) is 14.6. The summed E-state index contributed by atoms with van der Waals surface area (Å²) in [5.41, 5.74) is 2.18. The average Bonchev–Trinajstić information content (AvgIpc) is 2.82. The fourth-order valence-corrected chi connectivity index (χ4v) is 3.83. The van der Waals surface area contributed by atoms with Crippen LogP contribution >= 0.6 is 0 Å². The van der Waals surface area contributed by atoms with Crippen molar-refractivity contribution in [1.29, 1.82) is 0 Å². The highest BCUT2D eigenvalue weighted by Gasteiger charge is 2.13. The van der Waals surface area contributed by atoms with E-state index in [4.69, 9.17) is 0 Å². The lowest BCUT2D eigenvalue weighted by Gasteiger charge is -2.17. The third kappa shape index (κ3) is 9.67. The van der Waals surface area contributed by atoms with Gasteiger partial charge in [0, 0.05) is 30.4 Å². The summed E-state index contributed by atoms with van der Waals surface area (Å²) in [6, 6.07) is 16.7. The number of nitrogens with zero attached hydrogens (tertiary/aromatic N) is 1. The summed E-state index contributed by atoms with van der Waals surface area (Å²) < 4.78 is 0. The standard InChI is InChI=1S/C28H40N2O2/c1-3-4-5-6-7-8-9-10-11-12-16-19-27(31)29-25-22-20-24(21-23-25)28(32)30(2)26-17-14-13-15-18-26/h13-15,17-18,20-23H,3-12,16,19H2,1-2H3,(H,29,31). The molecule has 2 rings (SSSR count). The van der Waals surface area contributed by atoms with Crippen LogP contribution in [0.3, 0.4) is 0 Å². The zero-order chi connectivity index (χ0) is 23.0. The fourth-order valence-electron chi connectivity index (χ4n) is 3.83. The molecule has 0 spiro atoms. The first-order valence-corrected chi connectivity index (χ1v) is 12.3. The van der Waals surface area contributed by atoms with Crippen LogP contribution in [0, 0.1) is 0 Å². The van der Waals surface area contributed by atoms with Crippen LogP contribution in [-0.4, -0.2) is 18.9 Å². The number of rotatable bonds is 15. The molecule has 2 aromatic rings. The Hall–Kier alpha value is -2.62. The van der Waals surface area contributed by atoms with Crippen LogP contribution in [0.5, 0.6) is 0 Å². The lowest BCUT2D eigenvalue weighted by atomic mass is 10.1. The summed E-state index contributed by atoms with van der Waals surface area (Å²) in [5.74, 6) is -0.0311. The van der Waals surface area contributed by atoms with Gasteiger partial charge in [0.25, 0.3) is 5.91 Å². The van der Waals surface area contributed by atoms with Crippen molar-refractivity contribution in [3.8, 4) is 0 Å². The average molecular weight is 437 g/mol.